The predicted molar refractivity (Wildman–Crippen MR) is 95.7 cm³/mol. The van der Waals surface area contributed by atoms with E-state index in [4.69, 9.17) is 0 Å². The van der Waals surface area contributed by atoms with Crippen molar-refractivity contribution < 1.29 is 4.79 Å². The number of aryl methyl sites for hydroxylation is 3. The highest BCUT2D eigenvalue weighted by Crippen LogP contribution is 2.31. The Balaban J connectivity index is 1.71. The van der Waals surface area contributed by atoms with Crippen LogP contribution in [0.15, 0.2) is 18.3 Å². The number of carbonyl (C=O) groups is 1. The number of hydrogen-bond acceptors (Lipinski definition) is 4. The number of carbonyl (C=O) groups excluding carboxylic acids is 1. The molecule has 3 aromatic rings. The number of aromatic nitrogens is 5. The van der Waals surface area contributed by atoms with Crippen LogP contribution in [-0.2, 0) is 7.05 Å². The first-order chi connectivity index (χ1) is 12.0. The highest BCUT2D eigenvalue weighted by Gasteiger charge is 2.22. The van der Waals surface area contributed by atoms with Crippen LogP contribution in [0.2, 0.25) is 0 Å². The number of nitrogens with one attached hydrogen (secondary N) is 1. The molecule has 25 heavy (non-hydrogen) atoms. The number of pyridine rings is 1. The van der Waals surface area contributed by atoms with Gasteiger partial charge in [0.1, 0.15) is 5.82 Å². The summed E-state index contributed by atoms with van der Waals surface area (Å²) in [5.41, 5.74) is 2.93. The van der Waals surface area contributed by atoms with Crippen LogP contribution >= 0.6 is 0 Å². The minimum absolute atomic E-state index is 0.147. The van der Waals surface area contributed by atoms with E-state index in [2.05, 4.69) is 20.5 Å². The number of hydrogen-bond donors (Lipinski definition) is 1. The summed E-state index contributed by atoms with van der Waals surface area (Å²) in [6.07, 6.45) is 6.42. The van der Waals surface area contributed by atoms with Crippen molar-refractivity contribution in [2.45, 2.75) is 45.6 Å². The van der Waals surface area contributed by atoms with E-state index in [9.17, 15) is 4.79 Å². The van der Waals surface area contributed by atoms with Crippen LogP contribution in [0.5, 0.6) is 0 Å². The van der Waals surface area contributed by atoms with E-state index >= 15 is 0 Å². The molecular formula is C18H22N6O. The topological polar surface area (TPSA) is 77.6 Å². The molecule has 1 saturated carbocycles. The van der Waals surface area contributed by atoms with E-state index in [0.717, 1.165) is 41.1 Å². The molecular weight excluding hydrogens is 316 g/mol. The second-order valence-corrected chi connectivity index (χ2v) is 6.77. The van der Waals surface area contributed by atoms with Gasteiger partial charge < -0.3 is 5.32 Å². The third-order valence-electron chi connectivity index (χ3n) is 4.92. The maximum atomic E-state index is 13.0. The highest BCUT2D eigenvalue weighted by molar-refractivity contribution is 6.12. The van der Waals surface area contributed by atoms with Crippen LogP contribution in [-0.4, -0.2) is 30.5 Å². The number of fused-ring (bicyclic) bond motifs is 1. The lowest BCUT2D eigenvalue weighted by molar-refractivity contribution is 0.102. The van der Waals surface area contributed by atoms with Crippen LogP contribution in [0.25, 0.3) is 11.0 Å². The van der Waals surface area contributed by atoms with E-state index in [0.29, 0.717) is 11.6 Å². The Morgan fingerprint density at radius 3 is 2.80 bits per heavy atom. The van der Waals surface area contributed by atoms with Crippen LogP contribution in [0, 0.1) is 13.8 Å². The second kappa shape index (κ2) is 5.98. The van der Waals surface area contributed by atoms with Gasteiger partial charge >= 0.3 is 0 Å². The molecule has 7 heteroatoms. The molecule has 1 amide bonds. The normalized spacial score (nSPS) is 15.2. The fourth-order valence-corrected chi connectivity index (χ4v) is 3.79. The van der Waals surface area contributed by atoms with Gasteiger partial charge in [-0.05, 0) is 32.8 Å². The Labute approximate surface area is 146 Å². The molecule has 0 unspecified atom stereocenters. The Morgan fingerprint density at radius 1 is 1.28 bits per heavy atom. The summed E-state index contributed by atoms with van der Waals surface area (Å²) >= 11 is 0. The summed E-state index contributed by atoms with van der Waals surface area (Å²) in [6.45, 7) is 3.79. The highest BCUT2D eigenvalue weighted by atomic mass is 16.1. The average Bonchev–Trinajstić information content (AvgIpc) is 3.28. The Kier molecular flexibility index (Phi) is 3.78. The van der Waals surface area contributed by atoms with Gasteiger partial charge in [0, 0.05) is 18.8 Å². The van der Waals surface area contributed by atoms with Gasteiger partial charge in [-0.15, -0.1) is 0 Å². The largest absolute Gasteiger partial charge is 0.307 e. The third kappa shape index (κ3) is 2.69. The molecule has 130 valence electrons. The van der Waals surface area contributed by atoms with Gasteiger partial charge in [0.15, 0.2) is 5.65 Å². The summed E-state index contributed by atoms with van der Waals surface area (Å²) in [5, 5.41) is 12.7. The third-order valence-corrected chi connectivity index (χ3v) is 4.92. The molecule has 0 atom stereocenters. The van der Waals surface area contributed by atoms with Crippen LogP contribution in [0.4, 0.5) is 5.82 Å². The molecule has 0 aromatic carbocycles. The van der Waals surface area contributed by atoms with Gasteiger partial charge in [-0.1, -0.05) is 12.8 Å². The zero-order chi connectivity index (χ0) is 17.6. The first-order valence-corrected chi connectivity index (χ1v) is 8.70. The molecule has 1 N–H and O–H groups in total. The molecule has 1 aliphatic rings. The van der Waals surface area contributed by atoms with Gasteiger partial charge in [0.25, 0.3) is 5.91 Å². The number of anilines is 1. The van der Waals surface area contributed by atoms with Gasteiger partial charge in [-0.2, -0.15) is 10.2 Å². The summed E-state index contributed by atoms with van der Waals surface area (Å²) in [4.78, 5) is 17.5. The summed E-state index contributed by atoms with van der Waals surface area (Å²) in [6, 6.07) is 4.06. The van der Waals surface area contributed by atoms with E-state index in [-0.39, 0.29) is 5.91 Å². The molecule has 3 aromatic heterocycles. The van der Waals surface area contributed by atoms with Crippen molar-refractivity contribution >= 4 is 22.8 Å². The Bertz CT molecular complexity index is 948. The summed E-state index contributed by atoms with van der Waals surface area (Å²) < 4.78 is 3.67. The SMILES string of the molecule is Cc1cc(C(=O)Nc2ccnn2C2CCCC2)c2c(C)nn(C)c2n1. The lowest BCUT2D eigenvalue weighted by Crippen LogP contribution is -2.18. The fraction of sp³-hybridized carbons (Fsp3) is 0.444. The molecule has 0 radical (unpaired) electrons. The smallest absolute Gasteiger partial charge is 0.257 e. The average molecular weight is 338 g/mol. The van der Waals surface area contributed by atoms with Crippen molar-refractivity contribution in [2.75, 3.05) is 5.32 Å². The zero-order valence-electron chi connectivity index (χ0n) is 14.8. The van der Waals surface area contributed by atoms with Gasteiger partial charge in [-0.25, -0.2) is 9.67 Å². The molecule has 3 heterocycles. The second-order valence-electron chi connectivity index (χ2n) is 6.77. The van der Waals surface area contributed by atoms with E-state index in [1.165, 1.54) is 12.8 Å². The summed E-state index contributed by atoms with van der Waals surface area (Å²) in [7, 11) is 1.85. The first kappa shape index (κ1) is 15.8. The standard InChI is InChI=1S/C18H22N6O/c1-11-10-14(16-12(2)22-23(3)17(16)20-11)18(25)21-15-8-9-19-24(15)13-6-4-5-7-13/h8-10,13H,4-7H2,1-3H3,(H,21,25). The quantitative estimate of drug-likeness (QED) is 0.796. The van der Waals surface area contributed by atoms with Crippen LogP contribution in [0.3, 0.4) is 0 Å². The van der Waals surface area contributed by atoms with Crippen molar-refractivity contribution in [1.82, 2.24) is 24.5 Å². The van der Waals surface area contributed by atoms with Crippen molar-refractivity contribution in [3.8, 4) is 0 Å². The molecule has 1 fully saturated rings. The van der Waals surface area contributed by atoms with Crippen molar-refractivity contribution in [1.29, 1.82) is 0 Å². The molecule has 0 bridgehead atoms. The molecule has 0 aliphatic heterocycles. The predicted octanol–water partition coefficient (Wildman–Crippen LogP) is 3.15. The van der Waals surface area contributed by atoms with Crippen molar-refractivity contribution in [2.24, 2.45) is 7.05 Å². The zero-order valence-corrected chi connectivity index (χ0v) is 14.8. The molecule has 0 spiro atoms. The van der Waals surface area contributed by atoms with Gasteiger partial charge in [0.05, 0.1) is 28.9 Å². The fourth-order valence-electron chi connectivity index (χ4n) is 3.79. The molecule has 1 aliphatic carbocycles. The minimum atomic E-state index is -0.147. The monoisotopic (exact) mass is 338 g/mol. The number of rotatable bonds is 3. The lowest BCUT2D eigenvalue weighted by atomic mass is 10.1. The van der Waals surface area contributed by atoms with E-state index < -0.39 is 0 Å². The van der Waals surface area contributed by atoms with Crippen LogP contribution < -0.4 is 5.32 Å². The maximum Gasteiger partial charge on any atom is 0.257 e. The lowest BCUT2D eigenvalue weighted by Gasteiger charge is -2.15. The van der Waals surface area contributed by atoms with E-state index in [1.807, 2.05) is 37.7 Å². The first-order valence-electron chi connectivity index (χ1n) is 8.70. The Hall–Kier alpha value is -2.70. The molecule has 4 rings (SSSR count). The Morgan fingerprint density at radius 2 is 2.04 bits per heavy atom. The van der Waals surface area contributed by atoms with Gasteiger partial charge in [0.2, 0.25) is 0 Å². The number of nitrogens with zero attached hydrogens (tertiary/aromatic N) is 5. The minimum Gasteiger partial charge on any atom is -0.307 e. The summed E-state index contributed by atoms with van der Waals surface area (Å²) in [5.74, 6) is 0.604. The maximum absolute atomic E-state index is 13.0. The molecule has 0 saturated heterocycles. The van der Waals surface area contributed by atoms with Crippen molar-refractivity contribution in [3.63, 3.8) is 0 Å². The van der Waals surface area contributed by atoms with Gasteiger partial charge in [-0.3, -0.25) is 9.48 Å². The van der Waals surface area contributed by atoms with Crippen LogP contribution in [0.1, 0.15) is 53.5 Å². The number of amides is 1. The molecule has 7 nitrogen and oxygen atoms in total. The van der Waals surface area contributed by atoms with Crippen molar-refractivity contribution in [3.05, 3.63) is 35.3 Å². The van der Waals surface area contributed by atoms with E-state index in [1.54, 1.807) is 10.9 Å².